The van der Waals surface area contributed by atoms with Gasteiger partial charge in [0.2, 0.25) is 5.91 Å². The lowest BCUT2D eigenvalue weighted by Gasteiger charge is -2.10. The number of carbonyl (C=O) groups is 1. The normalized spacial score (nSPS) is 10.3. The number of ether oxygens (including phenoxy) is 2. The van der Waals surface area contributed by atoms with Crippen LogP contribution in [0.2, 0.25) is 0 Å². The molecule has 0 aliphatic rings. The fraction of sp³-hybridized carbons (Fsp3) is 0.150. The zero-order valence-corrected chi connectivity index (χ0v) is 15.8. The molecule has 0 saturated carbocycles. The quantitative estimate of drug-likeness (QED) is 0.626. The van der Waals surface area contributed by atoms with Gasteiger partial charge in [-0.1, -0.05) is 42.1 Å². The Hall–Kier alpha value is -3.06. The van der Waals surface area contributed by atoms with Gasteiger partial charge in [0.05, 0.1) is 25.7 Å². The molecule has 7 heteroatoms. The minimum Gasteiger partial charge on any atom is -0.493 e. The van der Waals surface area contributed by atoms with Crippen molar-refractivity contribution in [1.29, 1.82) is 0 Å². The second kappa shape index (κ2) is 9.05. The summed E-state index contributed by atoms with van der Waals surface area (Å²) < 4.78 is 10.4. The number of nitrogens with one attached hydrogen (secondary N) is 1. The van der Waals surface area contributed by atoms with Crippen LogP contribution in [-0.4, -0.2) is 36.1 Å². The lowest BCUT2D eigenvalue weighted by atomic mass is 10.1. The number of amides is 1. The van der Waals surface area contributed by atoms with E-state index in [9.17, 15) is 4.79 Å². The van der Waals surface area contributed by atoms with Gasteiger partial charge in [-0.15, -0.1) is 10.2 Å². The summed E-state index contributed by atoms with van der Waals surface area (Å²) in [5.41, 5.74) is 2.45. The summed E-state index contributed by atoms with van der Waals surface area (Å²) in [6.45, 7) is 0. The van der Waals surface area contributed by atoms with Crippen LogP contribution in [0.5, 0.6) is 11.5 Å². The second-order valence-corrected chi connectivity index (χ2v) is 6.53. The summed E-state index contributed by atoms with van der Waals surface area (Å²) in [7, 11) is 3.12. The van der Waals surface area contributed by atoms with Crippen molar-refractivity contribution in [2.45, 2.75) is 5.03 Å². The number of hydrogen-bond donors (Lipinski definition) is 1. The first-order valence-corrected chi connectivity index (χ1v) is 9.22. The summed E-state index contributed by atoms with van der Waals surface area (Å²) >= 11 is 1.33. The molecule has 0 radical (unpaired) electrons. The zero-order valence-electron chi connectivity index (χ0n) is 15.0. The average molecular weight is 381 g/mol. The van der Waals surface area contributed by atoms with Crippen LogP contribution >= 0.6 is 11.8 Å². The molecule has 0 fully saturated rings. The molecule has 3 aromatic rings. The van der Waals surface area contributed by atoms with Gasteiger partial charge in [-0.3, -0.25) is 4.79 Å². The van der Waals surface area contributed by atoms with Crippen molar-refractivity contribution in [3.8, 4) is 22.8 Å². The van der Waals surface area contributed by atoms with Crippen LogP contribution in [0.4, 0.5) is 5.69 Å². The summed E-state index contributed by atoms with van der Waals surface area (Å²) in [4.78, 5) is 12.2. The predicted molar refractivity (Wildman–Crippen MR) is 106 cm³/mol. The zero-order chi connectivity index (χ0) is 19.1. The molecule has 1 heterocycles. The standard InChI is InChI=1S/C20H19N3O3S/c1-25-17-10-8-15(12-18(17)26-2)21-19(24)13-27-20-11-9-16(22-23-20)14-6-4-3-5-7-14/h3-12H,13H2,1-2H3,(H,21,24). The van der Waals surface area contributed by atoms with Crippen molar-refractivity contribution in [3.63, 3.8) is 0 Å². The van der Waals surface area contributed by atoms with Gasteiger partial charge in [0.15, 0.2) is 11.5 Å². The number of nitrogens with zero attached hydrogens (tertiary/aromatic N) is 2. The van der Waals surface area contributed by atoms with Gasteiger partial charge in [-0.05, 0) is 24.3 Å². The molecule has 1 amide bonds. The van der Waals surface area contributed by atoms with E-state index in [1.807, 2.05) is 42.5 Å². The van der Waals surface area contributed by atoms with Crippen molar-refractivity contribution in [3.05, 3.63) is 60.7 Å². The number of hydrogen-bond acceptors (Lipinski definition) is 6. The average Bonchev–Trinajstić information content (AvgIpc) is 2.73. The second-order valence-electron chi connectivity index (χ2n) is 5.53. The predicted octanol–water partition coefficient (Wildman–Crippen LogP) is 3.89. The van der Waals surface area contributed by atoms with E-state index < -0.39 is 0 Å². The van der Waals surface area contributed by atoms with Crippen LogP contribution in [0.25, 0.3) is 11.3 Å². The van der Waals surface area contributed by atoms with E-state index in [4.69, 9.17) is 9.47 Å². The fourth-order valence-corrected chi connectivity index (χ4v) is 3.02. The highest BCUT2D eigenvalue weighted by Crippen LogP contribution is 2.30. The Labute approximate surface area is 161 Å². The van der Waals surface area contributed by atoms with Crippen LogP contribution in [0.1, 0.15) is 0 Å². The summed E-state index contributed by atoms with van der Waals surface area (Å²) in [5.74, 6) is 1.26. The molecular weight excluding hydrogens is 362 g/mol. The van der Waals surface area contributed by atoms with Crippen LogP contribution in [0.15, 0.2) is 65.7 Å². The smallest absolute Gasteiger partial charge is 0.234 e. The fourth-order valence-electron chi connectivity index (χ4n) is 2.41. The van der Waals surface area contributed by atoms with Gasteiger partial charge >= 0.3 is 0 Å². The third-order valence-electron chi connectivity index (χ3n) is 3.73. The molecule has 138 valence electrons. The van der Waals surface area contributed by atoms with E-state index in [1.54, 1.807) is 32.4 Å². The molecule has 27 heavy (non-hydrogen) atoms. The highest BCUT2D eigenvalue weighted by atomic mass is 32.2. The van der Waals surface area contributed by atoms with Gasteiger partial charge in [0.1, 0.15) is 5.03 Å². The number of benzene rings is 2. The first-order chi connectivity index (χ1) is 13.2. The van der Waals surface area contributed by atoms with E-state index in [0.29, 0.717) is 22.2 Å². The van der Waals surface area contributed by atoms with Gasteiger partial charge in [0.25, 0.3) is 0 Å². The number of rotatable bonds is 7. The van der Waals surface area contributed by atoms with Gasteiger partial charge in [0, 0.05) is 17.3 Å². The Morgan fingerprint density at radius 2 is 1.74 bits per heavy atom. The maximum Gasteiger partial charge on any atom is 0.234 e. The Morgan fingerprint density at radius 3 is 2.41 bits per heavy atom. The van der Waals surface area contributed by atoms with Crippen molar-refractivity contribution in [2.24, 2.45) is 0 Å². The highest BCUT2D eigenvalue weighted by Gasteiger charge is 2.09. The first-order valence-electron chi connectivity index (χ1n) is 8.23. The van der Waals surface area contributed by atoms with Crippen molar-refractivity contribution in [2.75, 3.05) is 25.3 Å². The molecule has 3 rings (SSSR count). The molecule has 0 aliphatic heterocycles. The molecular formula is C20H19N3O3S. The number of aromatic nitrogens is 2. The number of anilines is 1. The monoisotopic (exact) mass is 381 g/mol. The molecule has 0 saturated heterocycles. The molecule has 0 aliphatic carbocycles. The van der Waals surface area contributed by atoms with Crippen molar-refractivity contribution < 1.29 is 14.3 Å². The Bertz CT molecular complexity index is 902. The largest absolute Gasteiger partial charge is 0.493 e. The number of methoxy groups -OCH3 is 2. The maximum absolute atomic E-state index is 12.2. The van der Waals surface area contributed by atoms with E-state index in [0.717, 1.165) is 11.3 Å². The third-order valence-corrected chi connectivity index (χ3v) is 4.65. The summed E-state index contributed by atoms with van der Waals surface area (Å²) in [6, 6.07) is 18.8. The minimum absolute atomic E-state index is 0.138. The molecule has 0 atom stereocenters. The molecule has 0 unspecified atom stereocenters. The maximum atomic E-state index is 12.2. The summed E-state index contributed by atoms with van der Waals surface area (Å²) in [5, 5.41) is 11.9. The van der Waals surface area contributed by atoms with Crippen LogP contribution in [0, 0.1) is 0 Å². The topological polar surface area (TPSA) is 73.3 Å². The van der Waals surface area contributed by atoms with E-state index >= 15 is 0 Å². The first kappa shape index (κ1) is 18.7. The lowest BCUT2D eigenvalue weighted by Crippen LogP contribution is -2.14. The third kappa shape index (κ3) is 4.98. The Kier molecular flexibility index (Phi) is 6.27. The van der Waals surface area contributed by atoms with Gasteiger partial charge in [-0.25, -0.2) is 0 Å². The molecule has 1 N–H and O–H groups in total. The summed E-state index contributed by atoms with van der Waals surface area (Å²) in [6.07, 6.45) is 0. The molecule has 2 aromatic carbocycles. The van der Waals surface area contributed by atoms with Crippen LogP contribution in [0.3, 0.4) is 0 Å². The molecule has 1 aromatic heterocycles. The van der Waals surface area contributed by atoms with Crippen molar-refractivity contribution in [1.82, 2.24) is 10.2 Å². The molecule has 0 bridgehead atoms. The molecule has 6 nitrogen and oxygen atoms in total. The minimum atomic E-state index is -0.138. The highest BCUT2D eigenvalue weighted by molar-refractivity contribution is 7.99. The number of thioether (sulfide) groups is 1. The van der Waals surface area contributed by atoms with Crippen LogP contribution in [-0.2, 0) is 4.79 Å². The van der Waals surface area contributed by atoms with Gasteiger partial charge < -0.3 is 14.8 Å². The molecule has 0 spiro atoms. The number of carbonyl (C=O) groups excluding carboxylic acids is 1. The van der Waals surface area contributed by atoms with Gasteiger partial charge in [-0.2, -0.15) is 0 Å². The van der Waals surface area contributed by atoms with E-state index in [2.05, 4.69) is 15.5 Å². The van der Waals surface area contributed by atoms with Crippen LogP contribution < -0.4 is 14.8 Å². The SMILES string of the molecule is COc1ccc(NC(=O)CSc2ccc(-c3ccccc3)nn2)cc1OC. The van der Waals surface area contributed by atoms with Crippen molar-refractivity contribution >= 4 is 23.4 Å². The lowest BCUT2D eigenvalue weighted by molar-refractivity contribution is -0.113. The Balaban J connectivity index is 1.56. The van der Waals surface area contributed by atoms with E-state index in [-0.39, 0.29) is 11.7 Å². The Morgan fingerprint density at radius 1 is 0.963 bits per heavy atom. The van der Waals surface area contributed by atoms with E-state index in [1.165, 1.54) is 11.8 Å².